The Morgan fingerprint density at radius 2 is 1.42 bits per heavy atom. The molecule has 0 aromatic heterocycles. The summed E-state index contributed by atoms with van der Waals surface area (Å²) in [6.45, 7) is 5.23. The molecule has 0 amide bonds. The predicted octanol–water partition coefficient (Wildman–Crippen LogP) is 6.54. The van der Waals surface area contributed by atoms with Gasteiger partial charge in [-0.15, -0.1) is 0 Å². The van der Waals surface area contributed by atoms with Crippen molar-refractivity contribution < 1.29 is 4.39 Å². The van der Waals surface area contributed by atoms with E-state index < -0.39 is 0 Å². The molecule has 3 aromatic carbocycles. The van der Waals surface area contributed by atoms with Crippen molar-refractivity contribution in [1.82, 2.24) is 4.90 Å². The summed E-state index contributed by atoms with van der Waals surface area (Å²) < 4.78 is 13.9. The van der Waals surface area contributed by atoms with E-state index >= 15 is 0 Å². The number of hydrogen-bond acceptors (Lipinski definition) is 1. The molecular formula is C24H26FN. The fourth-order valence-corrected chi connectivity index (χ4v) is 3.61. The fraction of sp³-hybridized carbons (Fsp3) is 0.250. The highest BCUT2D eigenvalue weighted by molar-refractivity contribution is 5.24. The van der Waals surface area contributed by atoms with Gasteiger partial charge in [0, 0.05) is 18.6 Å². The molecule has 0 aliphatic carbocycles. The molecule has 0 heterocycles. The Bertz CT molecular complexity index is 801. The topological polar surface area (TPSA) is 3.24 Å². The standard InChI is InChI=1S/C24H26FN/c1-3-24(22-15-10-16-23(25)17-22)26(18-20-11-6-4-7-12-20)19(2)21-13-8-5-9-14-21/h4-17,19,24H,3,18H2,1-2H3. The van der Waals surface area contributed by atoms with Crippen LogP contribution in [0.1, 0.15) is 49.0 Å². The summed E-state index contributed by atoms with van der Waals surface area (Å²) in [5, 5.41) is 0. The SMILES string of the molecule is CCC(c1cccc(F)c1)N(Cc1ccccc1)C(C)c1ccccc1. The van der Waals surface area contributed by atoms with Crippen molar-refractivity contribution >= 4 is 0 Å². The molecule has 0 saturated carbocycles. The molecule has 0 bridgehead atoms. The summed E-state index contributed by atoms with van der Waals surface area (Å²) in [5.74, 6) is -0.173. The van der Waals surface area contributed by atoms with Gasteiger partial charge in [-0.25, -0.2) is 4.39 Å². The average molecular weight is 347 g/mol. The second-order valence-corrected chi connectivity index (χ2v) is 6.72. The molecule has 0 N–H and O–H groups in total. The summed E-state index contributed by atoms with van der Waals surface area (Å²) in [6, 6.07) is 28.4. The molecule has 0 aliphatic rings. The van der Waals surface area contributed by atoms with Gasteiger partial charge >= 0.3 is 0 Å². The molecule has 0 saturated heterocycles. The van der Waals surface area contributed by atoms with Crippen LogP contribution in [0.15, 0.2) is 84.9 Å². The molecule has 2 unspecified atom stereocenters. The zero-order valence-electron chi connectivity index (χ0n) is 15.5. The van der Waals surface area contributed by atoms with E-state index in [-0.39, 0.29) is 17.9 Å². The van der Waals surface area contributed by atoms with E-state index in [9.17, 15) is 4.39 Å². The number of hydrogen-bond donors (Lipinski definition) is 0. The van der Waals surface area contributed by atoms with Gasteiger partial charge in [0.1, 0.15) is 5.82 Å². The van der Waals surface area contributed by atoms with E-state index in [1.165, 1.54) is 17.2 Å². The Kier molecular flexibility index (Phi) is 6.19. The Labute approximate surface area is 156 Å². The first kappa shape index (κ1) is 18.3. The first-order valence-corrected chi connectivity index (χ1v) is 9.29. The van der Waals surface area contributed by atoms with E-state index in [0.717, 1.165) is 18.5 Å². The molecule has 0 spiro atoms. The van der Waals surface area contributed by atoms with Crippen molar-refractivity contribution in [3.8, 4) is 0 Å². The molecule has 2 heteroatoms. The highest BCUT2D eigenvalue weighted by Crippen LogP contribution is 2.34. The van der Waals surface area contributed by atoms with Crippen LogP contribution in [0, 0.1) is 5.82 Å². The first-order valence-electron chi connectivity index (χ1n) is 9.29. The van der Waals surface area contributed by atoms with Gasteiger partial charge in [0.2, 0.25) is 0 Å². The van der Waals surface area contributed by atoms with Crippen molar-refractivity contribution in [2.24, 2.45) is 0 Å². The summed E-state index contributed by atoms with van der Waals surface area (Å²) in [4.78, 5) is 2.47. The van der Waals surface area contributed by atoms with Crippen LogP contribution in [-0.2, 0) is 6.54 Å². The van der Waals surface area contributed by atoms with E-state index in [4.69, 9.17) is 0 Å². The van der Waals surface area contributed by atoms with Gasteiger partial charge in [0.25, 0.3) is 0 Å². The van der Waals surface area contributed by atoms with Crippen molar-refractivity contribution in [2.45, 2.75) is 38.9 Å². The monoisotopic (exact) mass is 347 g/mol. The molecule has 1 nitrogen and oxygen atoms in total. The lowest BCUT2D eigenvalue weighted by Crippen LogP contribution is -2.31. The Morgan fingerprint density at radius 1 is 0.808 bits per heavy atom. The Morgan fingerprint density at radius 3 is 2.04 bits per heavy atom. The summed E-state index contributed by atoms with van der Waals surface area (Å²) in [7, 11) is 0. The van der Waals surface area contributed by atoms with Crippen LogP contribution >= 0.6 is 0 Å². The zero-order valence-corrected chi connectivity index (χ0v) is 15.5. The summed E-state index contributed by atoms with van der Waals surface area (Å²) in [6.07, 6.45) is 0.924. The van der Waals surface area contributed by atoms with Crippen molar-refractivity contribution in [3.63, 3.8) is 0 Å². The van der Waals surface area contributed by atoms with Crippen LogP contribution in [0.5, 0.6) is 0 Å². The molecule has 134 valence electrons. The molecule has 0 radical (unpaired) electrons. The third-order valence-corrected chi connectivity index (χ3v) is 5.01. The van der Waals surface area contributed by atoms with Crippen LogP contribution in [-0.4, -0.2) is 4.90 Å². The van der Waals surface area contributed by atoms with Gasteiger partial charge in [0.15, 0.2) is 0 Å². The Hall–Kier alpha value is -2.45. The lowest BCUT2D eigenvalue weighted by Gasteiger charge is -2.37. The molecule has 3 rings (SSSR count). The van der Waals surface area contributed by atoms with E-state index in [2.05, 4.69) is 67.3 Å². The third-order valence-electron chi connectivity index (χ3n) is 5.01. The fourth-order valence-electron chi connectivity index (χ4n) is 3.61. The molecule has 2 atom stereocenters. The first-order chi connectivity index (χ1) is 12.7. The van der Waals surface area contributed by atoms with Crippen LogP contribution in [0.3, 0.4) is 0 Å². The van der Waals surface area contributed by atoms with Crippen LogP contribution in [0.2, 0.25) is 0 Å². The van der Waals surface area contributed by atoms with Crippen LogP contribution in [0.25, 0.3) is 0 Å². The quantitative estimate of drug-likeness (QED) is 0.469. The number of rotatable bonds is 7. The van der Waals surface area contributed by atoms with Crippen molar-refractivity contribution in [1.29, 1.82) is 0 Å². The molecular weight excluding hydrogens is 321 g/mol. The lowest BCUT2D eigenvalue weighted by atomic mass is 9.97. The van der Waals surface area contributed by atoms with E-state index in [0.29, 0.717) is 0 Å². The van der Waals surface area contributed by atoms with Crippen molar-refractivity contribution in [2.75, 3.05) is 0 Å². The minimum absolute atomic E-state index is 0.154. The third kappa shape index (κ3) is 4.39. The van der Waals surface area contributed by atoms with Gasteiger partial charge in [-0.1, -0.05) is 79.7 Å². The van der Waals surface area contributed by atoms with Crippen molar-refractivity contribution in [3.05, 3.63) is 107 Å². The van der Waals surface area contributed by atoms with Gasteiger partial charge in [-0.2, -0.15) is 0 Å². The van der Waals surface area contributed by atoms with Gasteiger partial charge < -0.3 is 0 Å². The lowest BCUT2D eigenvalue weighted by molar-refractivity contribution is 0.129. The highest BCUT2D eigenvalue weighted by Gasteiger charge is 2.25. The minimum Gasteiger partial charge on any atom is -0.285 e. The number of benzene rings is 3. The predicted molar refractivity (Wildman–Crippen MR) is 106 cm³/mol. The van der Waals surface area contributed by atoms with E-state index in [1.54, 1.807) is 12.1 Å². The molecule has 0 aliphatic heterocycles. The van der Waals surface area contributed by atoms with Crippen LogP contribution < -0.4 is 0 Å². The maximum absolute atomic E-state index is 13.9. The smallest absolute Gasteiger partial charge is 0.123 e. The van der Waals surface area contributed by atoms with Crippen LogP contribution in [0.4, 0.5) is 4.39 Å². The second kappa shape index (κ2) is 8.77. The summed E-state index contributed by atoms with van der Waals surface area (Å²) in [5.41, 5.74) is 3.58. The molecule has 3 aromatic rings. The average Bonchev–Trinajstić information content (AvgIpc) is 2.69. The highest BCUT2D eigenvalue weighted by atomic mass is 19.1. The largest absolute Gasteiger partial charge is 0.285 e. The maximum atomic E-state index is 13.9. The zero-order chi connectivity index (χ0) is 18.4. The second-order valence-electron chi connectivity index (χ2n) is 6.72. The summed E-state index contributed by atoms with van der Waals surface area (Å²) >= 11 is 0. The van der Waals surface area contributed by atoms with Gasteiger partial charge in [0.05, 0.1) is 0 Å². The number of halogens is 1. The van der Waals surface area contributed by atoms with Gasteiger partial charge in [-0.3, -0.25) is 4.90 Å². The van der Waals surface area contributed by atoms with E-state index in [1.807, 2.05) is 18.2 Å². The van der Waals surface area contributed by atoms with Gasteiger partial charge in [-0.05, 0) is 42.2 Å². The normalized spacial score (nSPS) is 13.5. The Balaban J connectivity index is 1.98. The maximum Gasteiger partial charge on any atom is 0.123 e. The molecule has 26 heavy (non-hydrogen) atoms. The number of nitrogens with zero attached hydrogens (tertiary/aromatic N) is 1. The minimum atomic E-state index is -0.173. The molecule has 0 fully saturated rings.